The Bertz CT molecular complexity index is 2550. The van der Waals surface area contributed by atoms with Gasteiger partial charge in [-0.3, -0.25) is 47.9 Å². The van der Waals surface area contributed by atoms with Gasteiger partial charge in [0, 0.05) is 54.6 Å². The Morgan fingerprint density at radius 1 is 0.598 bits per heavy atom. The number of carbonyl (C=O) groups is 10. The molecule has 9 amide bonds. The largest absolute Gasteiger partial charge is 0.369 e. The second-order valence-corrected chi connectivity index (χ2v) is 23.5. The molecule has 2 aliphatic heterocycles. The lowest BCUT2D eigenvalue weighted by atomic mass is 9.76. The number of carbonyl (C=O) groups excluding carboxylic acids is 10. The Morgan fingerprint density at radius 2 is 1.01 bits per heavy atom. The minimum atomic E-state index is -1.12. The van der Waals surface area contributed by atoms with Gasteiger partial charge in [-0.1, -0.05) is 116 Å². The maximum atomic E-state index is 14.7. The summed E-state index contributed by atoms with van der Waals surface area (Å²) in [5.41, 5.74) is 10.8. The molecule has 0 bridgehead atoms. The Morgan fingerprint density at radius 3 is 1.38 bits per heavy atom. The number of nitrogens with zero attached hydrogens (tertiary/aromatic N) is 2. The fourth-order valence-electron chi connectivity index (χ4n) is 9.87. The topological polar surface area (TPSA) is 320 Å². The smallest absolute Gasteiger partial charge is 0.251 e. The first-order valence-corrected chi connectivity index (χ1v) is 27.9. The van der Waals surface area contributed by atoms with Crippen molar-refractivity contribution in [2.75, 3.05) is 46.6 Å². The van der Waals surface area contributed by atoms with Crippen LogP contribution in [0.2, 0.25) is 0 Å². The number of nitrogens with two attached hydrogens (primary N) is 2. The van der Waals surface area contributed by atoms with Gasteiger partial charge in [0.1, 0.15) is 37.1 Å². The van der Waals surface area contributed by atoms with E-state index >= 15 is 0 Å². The number of Topliss-reactive ketones (excluding diaryl/α,β-unsaturated/α-hetero) is 1. The number of hydrogen-bond donors (Lipinski definition) is 8. The quantitative estimate of drug-likeness (QED) is 0.0545. The van der Waals surface area contributed by atoms with E-state index in [1.165, 1.54) is 34.1 Å². The number of hydrogen-bond acceptors (Lipinski definition) is 13. The summed E-state index contributed by atoms with van der Waals surface area (Å²) in [6.45, 7) is 15.1. The molecule has 10 atom stereocenters. The van der Waals surface area contributed by atoms with Crippen molar-refractivity contribution in [1.82, 2.24) is 41.7 Å². The van der Waals surface area contributed by atoms with E-state index in [2.05, 4.69) is 31.9 Å². The maximum absolute atomic E-state index is 14.7. The summed E-state index contributed by atoms with van der Waals surface area (Å²) < 4.78 is 11.1. The molecule has 0 aromatic heterocycles. The molecule has 0 spiro atoms. The van der Waals surface area contributed by atoms with Gasteiger partial charge < -0.3 is 62.6 Å². The predicted octanol–water partition coefficient (Wildman–Crippen LogP) is 2.61. The number of ether oxygens (including phenoxy) is 2. The first-order chi connectivity index (χ1) is 38.6. The van der Waals surface area contributed by atoms with Gasteiger partial charge in [0.2, 0.25) is 41.4 Å². The molecule has 0 saturated carbocycles. The highest BCUT2D eigenvalue weighted by Gasteiger charge is 2.48. The maximum Gasteiger partial charge on any atom is 0.251 e. The van der Waals surface area contributed by atoms with E-state index < -0.39 is 131 Å². The molecule has 5 rings (SSSR count). The minimum absolute atomic E-state index is 0.00181. The lowest BCUT2D eigenvalue weighted by Gasteiger charge is -2.36. The molecule has 2 fully saturated rings. The van der Waals surface area contributed by atoms with Crippen molar-refractivity contribution in [2.24, 2.45) is 34.1 Å². The van der Waals surface area contributed by atoms with Crippen molar-refractivity contribution in [2.45, 2.75) is 136 Å². The summed E-state index contributed by atoms with van der Waals surface area (Å²) in [5.74, 6) is -6.33. The fourth-order valence-corrected chi connectivity index (χ4v) is 9.87. The number of likely N-dealkylation sites (N-methyl/N-ethyl adjacent to an activating group) is 1. The fraction of sp³-hybridized carbons (Fsp3) is 0.533. The van der Waals surface area contributed by atoms with Gasteiger partial charge in [-0.2, -0.15) is 0 Å². The molecule has 2 heterocycles. The lowest BCUT2D eigenvalue weighted by molar-refractivity contribution is -0.146. The average molecular weight is 1140 g/mol. The normalized spacial score (nSPS) is 19.3. The van der Waals surface area contributed by atoms with Gasteiger partial charge in [0.15, 0.2) is 0 Å². The molecular weight excluding hydrogens is 1050 g/mol. The molecule has 0 aliphatic carbocycles. The standard InChI is InChI=1S/C60H84N10O12/c1-11-35(2)52(74)68-51(60(7,8)9)58(80)70-30-42(27-47(70)56(78)67-45(32-82-34-50(62)73)38-20-16-13-17-21-38)65-54(76)40-24-22-39(23-25-40)53(75)64-41-26-46(55(77)66-44(31-81-33-49(61)72)37-18-14-12-15-19-37)69(29-41)57(79)43(59(4,5)6)28-48(71)36(3)63-10/h12-25,35-36,41-47,51,63H,11,26-34H2,1-10H3,(H2,61,72)(H2,62,73)(H,64,75)(H,65,76)(H,66,77)(H,67,78)(H,68,74)/t35-,36+,41+,42+,43-,44-,45-,46?,47+,51-/m1/s1. The summed E-state index contributed by atoms with van der Waals surface area (Å²) in [6, 6.07) is 16.8. The number of benzene rings is 3. The van der Waals surface area contributed by atoms with Crippen LogP contribution in [0.5, 0.6) is 0 Å². The number of rotatable bonds is 27. The van der Waals surface area contributed by atoms with Crippen molar-refractivity contribution in [1.29, 1.82) is 0 Å². The number of likely N-dealkylation sites (tertiary alicyclic amines) is 2. The minimum Gasteiger partial charge on any atom is -0.369 e. The van der Waals surface area contributed by atoms with Crippen molar-refractivity contribution in [3.63, 3.8) is 0 Å². The van der Waals surface area contributed by atoms with Crippen molar-refractivity contribution >= 4 is 58.9 Å². The van der Waals surface area contributed by atoms with Gasteiger partial charge in [-0.25, -0.2) is 0 Å². The van der Waals surface area contributed by atoms with Crippen molar-refractivity contribution < 1.29 is 57.4 Å². The summed E-state index contributed by atoms with van der Waals surface area (Å²) in [7, 11) is 1.65. The molecule has 3 aromatic carbocycles. The first kappa shape index (κ1) is 65.3. The highest BCUT2D eigenvalue weighted by Crippen LogP contribution is 2.35. The predicted molar refractivity (Wildman–Crippen MR) is 306 cm³/mol. The van der Waals surface area contributed by atoms with E-state index in [1.807, 2.05) is 27.7 Å². The third-order valence-electron chi connectivity index (χ3n) is 15.1. The van der Waals surface area contributed by atoms with Crippen LogP contribution < -0.4 is 43.4 Å². The lowest BCUT2D eigenvalue weighted by Crippen LogP contribution is -2.58. The summed E-state index contributed by atoms with van der Waals surface area (Å²) >= 11 is 0. The highest BCUT2D eigenvalue weighted by atomic mass is 16.5. The van der Waals surface area contributed by atoms with Crippen LogP contribution in [0.4, 0.5) is 0 Å². The van der Waals surface area contributed by atoms with E-state index in [4.69, 9.17) is 20.9 Å². The molecular formula is C60H84N10O12. The number of ketones is 1. The van der Waals surface area contributed by atoms with Crippen molar-refractivity contribution in [3.05, 3.63) is 107 Å². The zero-order chi connectivity index (χ0) is 60.6. The highest BCUT2D eigenvalue weighted by molar-refractivity contribution is 5.99. The molecule has 3 aromatic rings. The first-order valence-electron chi connectivity index (χ1n) is 27.9. The van der Waals surface area contributed by atoms with E-state index in [0.29, 0.717) is 17.5 Å². The van der Waals surface area contributed by atoms with E-state index in [0.717, 1.165) is 0 Å². The summed E-state index contributed by atoms with van der Waals surface area (Å²) in [4.78, 5) is 139. The van der Waals surface area contributed by atoms with Crippen LogP contribution in [0.1, 0.15) is 132 Å². The summed E-state index contributed by atoms with van der Waals surface area (Å²) in [5, 5.41) is 17.7. The molecule has 10 N–H and O–H groups in total. The second-order valence-electron chi connectivity index (χ2n) is 23.5. The Hall–Kier alpha value is -7.56. The van der Waals surface area contributed by atoms with Gasteiger partial charge >= 0.3 is 0 Å². The van der Waals surface area contributed by atoms with Crippen molar-refractivity contribution in [3.8, 4) is 0 Å². The van der Waals surface area contributed by atoms with Crippen LogP contribution in [0.25, 0.3) is 0 Å². The van der Waals surface area contributed by atoms with Gasteiger partial charge in [-0.05, 0) is 79.5 Å². The SMILES string of the molecule is CC[C@@H](C)C(=O)N[C@H](C(=O)N1C[C@@H](NC(=O)c2ccc(C(=O)N[C@H]3CC(C(=O)N[C@H](COCC(N)=O)c4ccccc4)N(C(=O)[C@@H](CC(=O)[C@H](C)NC)C(C)(C)C)C3)cc2)C[C@H]1C(=O)N[C@H](COCC(N)=O)c1ccccc1)C(C)(C)C. The number of amides is 9. The van der Waals surface area contributed by atoms with Gasteiger partial charge in [-0.15, -0.1) is 0 Å². The van der Waals surface area contributed by atoms with E-state index in [9.17, 15) is 47.9 Å². The third-order valence-corrected chi connectivity index (χ3v) is 15.1. The van der Waals surface area contributed by atoms with Crippen LogP contribution in [-0.2, 0) is 47.8 Å². The van der Waals surface area contributed by atoms with Crippen LogP contribution in [0.3, 0.4) is 0 Å². The zero-order valence-electron chi connectivity index (χ0n) is 48.9. The Balaban J connectivity index is 1.37. The Kier molecular flexibility index (Phi) is 23.4. The molecule has 2 saturated heterocycles. The monoisotopic (exact) mass is 1140 g/mol. The molecule has 0 radical (unpaired) electrons. The Labute approximate surface area is 480 Å². The summed E-state index contributed by atoms with van der Waals surface area (Å²) in [6.07, 6.45) is 0.417. The van der Waals surface area contributed by atoms with Crippen LogP contribution in [0.15, 0.2) is 84.9 Å². The molecule has 2 aliphatic rings. The van der Waals surface area contributed by atoms with Crippen LogP contribution in [0, 0.1) is 22.7 Å². The molecule has 1 unspecified atom stereocenters. The van der Waals surface area contributed by atoms with Gasteiger partial charge in [0.25, 0.3) is 11.8 Å². The van der Waals surface area contributed by atoms with Crippen LogP contribution >= 0.6 is 0 Å². The number of nitrogens with one attached hydrogen (secondary N) is 6. The number of primary amides is 2. The molecule has 446 valence electrons. The molecule has 82 heavy (non-hydrogen) atoms. The average Bonchev–Trinajstić information content (AvgIpc) is 4.20. The second kappa shape index (κ2) is 29.4. The third kappa shape index (κ3) is 18.2. The van der Waals surface area contributed by atoms with Gasteiger partial charge in [0.05, 0.1) is 31.3 Å². The molecule has 22 nitrogen and oxygen atoms in total. The van der Waals surface area contributed by atoms with Crippen LogP contribution in [-0.4, -0.2) is 152 Å². The molecule has 22 heteroatoms. The zero-order valence-corrected chi connectivity index (χ0v) is 48.9. The van der Waals surface area contributed by atoms with E-state index in [1.54, 1.807) is 102 Å². The van der Waals surface area contributed by atoms with E-state index in [-0.39, 0.29) is 68.4 Å².